The maximum Gasteiger partial charge on any atom is 0.229 e. The van der Waals surface area contributed by atoms with Crippen LogP contribution in [-0.2, 0) is 4.79 Å². The SMILES string of the molecule is NC(=S)CC(=O)N1CCC2(CCC2)C1. The first-order valence-electron chi connectivity index (χ1n) is 5.17. The zero-order valence-electron chi connectivity index (χ0n) is 8.29. The van der Waals surface area contributed by atoms with Crippen molar-refractivity contribution in [3.8, 4) is 0 Å². The minimum Gasteiger partial charge on any atom is -0.393 e. The minimum absolute atomic E-state index is 0.112. The molecule has 78 valence electrons. The van der Waals surface area contributed by atoms with E-state index in [1.165, 1.54) is 25.7 Å². The molecule has 2 fully saturated rings. The van der Waals surface area contributed by atoms with Crippen molar-refractivity contribution in [2.24, 2.45) is 11.1 Å². The second kappa shape index (κ2) is 3.50. The summed E-state index contributed by atoms with van der Waals surface area (Å²) in [5, 5.41) is 0. The molecule has 1 saturated carbocycles. The Morgan fingerprint density at radius 1 is 1.43 bits per heavy atom. The number of carbonyl (C=O) groups excluding carboxylic acids is 1. The highest BCUT2D eigenvalue weighted by molar-refractivity contribution is 7.80. The van der Waals surface area contributed by atoms with E-state index in [-0.39, 0.29) is 12.3 Å². The van der Waals surface area contributed by atoms with E-state index in [0.29, 0.717) is 10.4 Å². The van der Waals surface area contributed by atoms with Gasteiger partial charge in [-0.05, 0) is 24.7 Å². The van der Waals surface area contributed by atoms with Gasteiger partial charge < -0.3 is 10.6 Å². The van der Waals surface area contributed by atoms with E-state index < -0.39 is 0 Å². The zero-order valence-corrected chi connectivity index (χ0v) is 9.11. The number of thiocarbonyl (C=S) groups is 1. The summed E-state index contributed by atoms with van der Waals surface area (Å²) in [6, 6.07) is 0. The number of amides is 1. The number of nitrogens with zero attached hydrogens (tertiary/aromatic N) is 1. The topological polar surface area (TPSA) is 46.3 Å². The third-order valence-corrected chi connectivity index (χ3v) is 3.68. The third kappa shape index (κ3) is 1.75. The molecule has 0 unspecified atom stereocenters. The molecule has 1 heterocycles. The number of hydrogen-bond donors (Lipinski definition) is 1. The highest BCUT2D eigenvalue weighted by Gasteiger charge is 2.43. The molecule has 1 amide bonds. The van der Waals surface area contributed by atoms with Crippen molar-refractivity contribution in [3.05, 3.63) is 0 Å². The molecule has 1 aliphatic carbocycles. The van der Waals surface area contributed by atoms with Crippen LogP contribution in [0.1, 0.15) is 32.1 Å². The van der Waals surface area contributed by atoms with Gasteiger partial charge in [0.2, 0.25) is 5.91 Å². The Kier molecular flexibility index (Phi) is 2.47. The van der Waals surface area contributed by atoms with Crippen LogP contribution in [0, 0.1) is 5.41 Å². The number of likely N-dealkylation sites (tertiary alicyclic amines) is 1. The van der Waals surface area contributed by atoms with Crippen molar-refractivity contribution in [1.29, 1.82) is 0 Å². The summed E-state index contributed by atoms with van der Waals surface area (Å²) in [6.07, 6.45) is 5.34. The summed E-state index contributed by atoms with van der Waals surface area (Å²) in [5.41, 5.74) is 5.84. The van der Waals surface area contributed by atoms with Crippen molar-refractivity contribution >= 4 is 23.1 Å². The molecule has 4 heteroatoms. The summed E-state index contributed by atoms with van der Waals surface area (Å²) in [7, 11) is 0. The first kappa shape index (κ1) is 9.90. The summed E-state index contributed by atoms with van der Waals surface area (Å²) < 4.78 is 0. The standard InChI is InChI=1S/C10H16N2OS/c11-8(14)6-9(13)12-5-4-10(7-12)2-1-3-10/h1-7H2,(H2,11,14). The fraction of sp³-hybridized carbons (Fsp3) is 0.800. The third-order valence-electron chi connectivity index (χ3n) is 3.53. The maximum absolute atomic E-state index is 11.6. The highest BCUT2D eigenvalue weighted by Crippen LogP contribution is 2.47. The van der Waals surface area contributed by atoms with E-state index in [1.807, 2.05) is 4.90 Å². The maximum atomic E-state index is 11.6. The Bertz CT molecular complexity index is 273. The Labute approximate surface area is 89.6 Å². The van der Waals surface area contributed by atoms with Crippen molar-refractivity contribution in [2.75, 3.05) is 13.1 Å². The van der Waals surface area contributed by atoms with Gasteiger partial charge in [-0.15, -0.1) is 0 Å². The first-order valence-corrected chi connectivity index (χ1v) is 5.58. The molecular weight excluding hydrogens is 196 g/mol. The lowest BCUT2D eigenvalue weighted by atomic mass is 9.68. The van der Waals surface area contributed by atoms with E-state index in [2.05, 4.69) is 0 Å². The molecule has 0 aromatic heterocycles. The van der Waals surface area contributed by atoms with Gasteiger partial charge in [-0.1, -0.05) is 18.6 Å². The molecule has 14 heavy (non-hydrogen) atoms. The number of nitrogens with two attached hydrogens (primary N) is 1. The van der Waals surface area contributed by atoms with Gasteiger partial charge in [0.05, 0.1) is 11.4 Å². The molecule has 0 bridgehead atoms. The molecule has 2 N–H and O–H groups in total. The average molecular weight is 212 g/mol. The van der Waals surface area contributed by atoms with Crippen molar-refractivity contribution in [2.45, 2.75) is 32.1 Å². The predicted octanol–water partition coefficient (Wildman–Crippen LogP) is 1.07. The van der Waals surface area contributed by atoms with Crippen LogP contribution in [0.25, 0.3) is 0 Å². The Morgan fingerprint density at radius 3 is 2.57 bits per heavy atom. The summed E-state index contributed by atoms with van der Waals surface area (Å²) in [4.78, 5) is 13.9. The van der Waals surface area contributed by atoms with Gasteiger partial charge in [-0.25, -0.2) is 0 Å². The minimum atomic E-state index is 0.112. The molecule has 2 aliphatic rings. The lowest BCUT2D eigenvalue weighted by Gasteiger charge is -2.37. The Morgan fingerprint density at radius 2 is 2.14 bits per heavy atom. The van der Waals surface area contributed by atoms with Crippen LogP contribution in [0.15, 0.2) is 0 Å². The van der Waals surface area contributed by atoms with Gasteiger partial charge in [0.1, 0.15) is 0 Å². The van der Waals surface area contributed by atoms with E-state index in [0.717, 1.165) is 13.1 Å². The van der Waals surface area contributed by atoms with Gasteiger partial charge in [-0.3, -0.25) is 4.79 Å². The fourth-order valence-electron chi connectivity index (χ4n) is 2.49. The van der Waals surface area contributed by atoms with Crippen molar-refractivity contribution in [1.82, 2.24) is 4.90 Å². The number of hydrogen-bond acceptors (Lipinski definition) is 2. The predicted molar refractivity (Wildman–Crippen MR) is 58.9 cm³/mol. The monoisotopic (exact) mass is 212 g/mol. The van der Waals surface area contributed by atoms with E-state index in [1.54, 1.807) is 0 Å². The molecule has 3 nitrogen and oxygen atoms in total. The van der Waals surface area contributed by atoms with Crippen molar-refractivity contribution < 1.29 is 4.79 Å². The highest BCUT2D eigenvalue weighted by atomic mass is 32.1. The quantitative estimate of drug-likeness (QED) is 0.696. The molecular formula is C10H16N2OS. The van der Waals surface area contributed by atoms with E-state index >= 15 is 0 Å². The van der Waals surface area contributed by atoms with Crippen LogP contribution < -0.4 is 5.73 Å². The summed E-state index contributed by atoms with van der Waals surface area (Å²) in [6.45, 7) is 1.84. The molecule has 1 saturated heterocycles. The molecule has 0 aromatic carbocycles. The fourth-order valence-corrected chi connectivity index (χ4v) is 2.62. The first-order chi connectivity index (χ1) is 6.61. The second-order valence-corrected chi connectivity index (χ2v) is 5.09. The molecule has 0 aromatic rings. The van der Waals surface area contributed by atoms with Gasteiger partial charge in [-0.2, -0.15) is 0 Å². The average Bonchev–Trinajstić information content (AvgIpc) is 2.45. The largest absolute Gasteiger partial charge is 0.393 e. The summed E-state index contributed by atoms with van der Waals surface area (Å²) >= 11 is 4.74. The number of carbonyl (C=O) groups is 1. The molecule has 1 aliphatic heterocycles. The van der Waals surface area contributed by atoms with Crippen LogP contribution in [-0.4, -0.2) is 28.9 Å². The number of rotatable bonds is 2. The van der Waals surface area contributed by atoms with E-state index in [9.17, 15) is 4.79 Å². The van der Waals surface area contributed by atoms with Crippen LogP contribution in [0.2, 0.25) is 0 Å². The van der Waals surface area contributed by atoms with Crippen LogP contribution in [0.5, 0.6) is 0 Å². The van der Waals surface area contributed by atoms with Crippen molar-refractivity contribution in [3.63, 3.8) is 0 Å². The lowest BCUT2D eigenvalue weighted by molar-refractivity contribution is -0.129. The Hall–Kier alpha value is -0.640. The van der Waals surface area contributed by atoms with Crippen LogP contribution >= 0.6 is 12.2 Å². The van der Waals surface area contributed by atoms with Crippen LogP contribution in [0.3, 0.4) is 0 Å². The summed E-state index contributed by atoms with van der Waals surface area (Å²) in [5.74, 6) is 0.112. The van der Waals surface area contributed by atoms with Gasteiger partial charge in [0, 0.05) is 13.1 Å². The Balaban J connectivity index is 1.88. The van der Waals surface area contributed by atoms with E-state index in [4.69, 9.17) is 18.0 Å². The van der Waals surface area contributed by atoms with Crippen LogP contribution in [0.4, 0.5) is 0 Å². The molecule has 0 atom stereocenters. The second-order valence-electron chi connectivity index (χ2n) is 4.56. The zero-order chi connectivity index (χ0) is 10.2. The smallest absolute Gasteiger partial charge is 0.229 e. The molecule has 0 radical (unpaired) electrons. The van der Waals surface area contributed by atoms with Gasteiger partial charge in [0.25, 0.3) is 0 Å². The normalized spacial score (nSPS) is 23.6. The van der Waals surface area contributed by atoms with Gasteiger partial charge in [0.15, 0.2) is 0 Å². The molecule has 1 spiro atoms. The molecule has 2 rings (SSSR count). The van der Waals surface area contributed by atoms with Gasteiger partial charge >= 0.3 is 0 Å². The lowest BCUT2D eigenvalue weighted by Crippen LogP contribution is -2.36.